The SMILES string of the molecule is FC(F)(F)c1ccc(-c2ccncc2)c(CBr)n1. The number of hydrogen-bond donors (Lipinski definition) is 0. The first-order valence-corrected chi connectivity index (χ1v) is 6.18. The van der Waals surface area contributed by atoms with Gasteiger partial charge < -0.3 is 0 Å². The summed E-state index contributed by atoms with van der Waals surface area (Å²) in [6, 6.07) is 5.89. The fourth-order valence-electron chi connectivity index (χ4n) is 1.56. The molecule has 0 saturated carbocycles. The van der Waals surface area contributed by atoms with E-state index in [4.69, 9.17) is 0 Å². The van der Waals surface area contributed by atoms with E-state index in [0.29, 0.717) is 11.3 Å². The predicted octanol–water partition coefficient (Wildman–Crippen LogP) is 4.06. The van der Waals surface area contributed by atoms with Crippen molar-refractivity contribution in [1.82, 2.24) is 9.97 Å². The number of aromatic nitrogens is 2. The number of rotatable bonds is 2. The highest BCUT2D eigenvalue weighted by atomic mass is 79.9. The van der Waals surface area contributed by atoms with Gasteiger partial charge in [0.25, 0.3) is 0 Å². The molecule has 0 bridgehead atoms. The average molecular weight is 317 g/mol. The van der Waals surface area contributed by atoms with E-state index >= 15 is 0 Å². The number of pyridine rings is 2. The maximum Gasteiger partial charge on any atom is 0.433 e. The molecule has 0 aromatic carbocycles. The second-order valence-corrected chi connectivity index (χ2v) is 4.12. The van der Waals surface area contributed by atoms with Gasteiger partial charge in [-0.1, -0.05) is 22.0 Å². The van der Waals surface area contributed by atoms with Crippen molar-refractivity contribution in [3.63, 3.8) is 0 Å². The molecule has 0 fully saturated rings. The Labute approximate surface area is 110 Å². The summed E-state index contributed by atoms with van der Waals surface area (Å²) in [6.45, 7) is 0. The number of halogens is 4. The predicted molar refractivity (Wildman–Crippen MR) is 65.1 cm³/mol. The fourth-order valence-corrected chi connectivity index (χ4v) is 1.98. The molecule has 0 N–H and O–H groups in total. The van der Waals surface area contributed by atoms with E-state index in [1.54, 1.807) is 24.5 Å². The summed E-state index contributed by atoms with van der Waals surface area (Å²) in [4.78, 5) is 7.52. The normalized spacial score (nSPS) is 11.6. The largest absolute Gasteiger partial charge is 0.433 e. The molecule has 2 heterocycles. The van der Waals surface area contributed by atoms with E-state index in [-0.39, 0.29) is 5.33 Å². The molecule has 18 heavy (non-hydrogen) atoms. The van der Waals surface area contributed by atoms with Crippen LogP contribution in [0.15, 0.2) is 36.7 Å². The molecule has 2 nitrogen and oxygen atoms in total. The lowest BCUT2D eigenvalue weighted by molar-refractivity contribution is -0.141. The molecule has 0 aliphatic rings. The molecule has 0 aliphatic carbocycles. The van der Waals surface area contributed by atoms with Crippen LogP contribution in [-0.4, -0.2) is 9.97 Å². The van der Waals surface area contributed by atoms with Crippen molar-refractivity contribution >= 4 is 15.9 Å². The molecule has 94 valence electrons. The van der Waals surface area contributed by atoms with E-state index in [1.807, 2.05) is 0 Å². The van der Waals surface area contributed by atoms with Crippen LogP contribution in [0.4, 0.5) is 13.2 Å². The maximum atomic E-state index is 12.6. The summed E-state index contributed by atoms with van der Waals surface area (Å²) in [5.74, 6) is 0. The van der Waals surface area contributed by atoms with Gasteiger partial charge >= 0.3 is 6.18 Å². The summed E-state index contributed by atoms with van der Waals surface area (Å²) in [5, 5.41) is 0.259. The van der Waals surface area contributed by atoms with Gasteiger partial charge in [0, 0.05) is 23.3 Å². The maximum absolute atomic E-state index is 12.6. The molecule has 0 radical (unpaired) electrons. The molecular formula is C12H8BrF3N2. The second-order valence-electron chi connectivity index (χ2n) is 3.56. The summed E-state index contributed by atoms with van der Waals surface area (Å²) < 4.78 is 37.7. The number of hydrogen-bond acceptors (Lipinski definition) is 2. The van der Waals surface area contributed by atoms with Crippen LogP contribution in [0.2, 0.25) is 0 Å². The molecule has 0 amide bonds. The molecule has 2 aromatic rings. The van der Waals surface area contributed by atoms with Crippen molar-refractivity contribution in [3.05, 3.63) is 48.0 Å². The number of alkyl halides is 4. The Bertz CT molecular complexity index is 541. The Morgan fingerprint density at radius 1 is 1.06 bits per heavy atom. The minimum Gasteiger partial charge on any atom is -0.265 e. The average Bonchev–Trinajstić information content (AvgIpc) is 2.38. The summed E-state index contributed by atoms with van der Waals surface area (Å²) in [6.07, 6.45) is -1.25. The second kappa shape index (κ2) is 5.06. The van der Waals surface area contributed by atoms with Crippen molar-refractivity contribution in [1.29, 1.82) is 0 Å². The molecule has 0 spiro atoms. The van der Waals surface area contributed by atoms with Crippen LogP contribution in [0.25, 0.3) is 11.1 Å². The summed E-state index contributed by atoms with van der Waals surface area (Å²) >= 11 is 3.16. The molecule has 0 saturated heterocycles. The highest BCUT2D eigenvalue weighted by Gasteiger charge is 2.32. The molecule has 0 unspecified atom stereocenters. The van der Waals surface area contributed by atoms with Crippen molar-refractivity contribution in [3.8, 4) is 11.1 Å². The Kier molecular flexibility index (Phi) is 3.65. The Hall–Kier alpha value is -1.43. The molecule has 0 atom stereocenters. The van der Waals surface area contributed by atoms with Crippen molar-refractivity contribution in [2.24, 2.45) is 0 Å². The third-order valence-electron chi connectivity index (χ3n) is 2.38. The lowest BCUT2D eigenvalue weighted by atomic mass is 10.1. The molecule has 6 heteroatoms. The van der Waals surface area contributed by atoms with Crippen LogP contribution in [0, 0.1) is 0 Å². The van der Waals surface area contributed by atoms with E-state index in [0.717, 1.165) is 11.6 Å². The van der Waals surface area contributed by atoms with Crippen molar-refractivity contribution in [2.45, 2.75) is 11.5 Å². The minimum atomic E-state index is -4.42. The van der Waals surface area contributed by atoms with Gasteiger partial charge in [-0.15, -0.1) is 0 Å². The van der Waals surface area contributed by atoms with E-state index in [2.05, 4.69) is 25.9 Å². The van der Waals surface area contributed by atoms with Gasteiger partial charge in [0.05, 0.1) is 5.69 Å². The van der Waals surface area contributed by atoms with Gasteiger partial charge in [0.2, 0.25) is 0 Å². The zero-order chi connectivity index (χ0) is 13.2. The smallest absolute Gasteiger partial charge is 0.265 e. The van der Waals surface area contributed by atoms with Crippen molar-refractivity contribution < 1.29 is 13.2 Å². The van der Waals surface area contributed by atoms with Crippen LogP contribution in [0.1, 0.15) is 11.4 Å². The minimum absolute atomic E-state index is 0.259. The van der Waals surface area contributed by atoms with Gasteiger partial charge in [0.1, 0.15) is 5.69 Å². The van der Waals surface area contributed by atoms with Crippen LogP contribution in [0.3, 0.4) is 0 Å². The molecular weight excluding hydrogens is 309 g/mol. The van der Waals surface area contributed by atoms with Crippen molar-refractivity contribution in [2.75, 3.05) is 0 Å². The van der Waals surface area contributed by atoms with Gasteiger partial charge in [-0.05, 0) is 23.8 Å². The fraction of sp³-hybridized carbons (Fsp3) is 0.167. The highest BCUT2D eigenvalue weighted by Crippen LogP contribution is 2.31. The third kappa shape index (κ3) is 2.69. The first-order valence-electron chi connectivity index (χ1n) is 5.06. The van der Waals surface area contributed by atoms with Gasteiger partial charge in [0.15, 0.2) is 0 Å². The zero-order valence-electron chi connectivity index (χ0n) is 9.08. The van der Waals surface area contributed by atoms with E-state index < -0.39 is 11.9 Å². The summed E-state index contributed by atoms with van der Waals surface area (Å²) in [5.41, 5.74) is 0.939. The van der Waals surface area contributed by atoms with Gasteiger partial charge in [-0.3, -0.25) is 4.98 Å². The van der Waals surface area contributed by atoms with Crippen LogP contribution in [-0.2, 0) is 11.5 Å². The topological polar surface area (TPSA) is 25.8 Å². The number of nitrogens with zero attached hydrogens (tertiary/aromatic N) is 2. The molecule has 2 rings (SSSR count). The third-order valence-corrected chi connectivity index (χ3v) is 2.91. The van der Waals surface area contributed by atoms with Crippen LogP contribution >= 0.6 is 15.9 Å². The first kappa shape index (κ1) is 13.0. The van der Waals surface area contributed by atoms with Crippen LogP contribution < -0.4 is 0 Å². The van der Waals surface area contributed by atoms with Gasteiger partial charge in [-0.2, -0.15) is 13.2 Å². The lowest BCUT2D eigenvalue weighted by Crippen LogP contribution is -2.09. The quantitative estimate of drug-likeness (QED) is 0.781. The Balaban J connectivity index is 2.51. The first-order chi connectivity index (χ1) is 8.52. The standard InChI is InChI=1S/C12H8BrF3N2/c13-7-10-9(8-3-5-17-6-4-8)1-2-11(18-10)12(14,15)16/h1-6H,7H2. The summed E-state index contributed by atoms with van der Waals surface area (Å²) in [7, 11) is 0. The van der Waals surface area contributed by atoms with Crippen LogP contribution in [0.5, 0.6) is 0 Å². The molecule has 0 aliphatic heterocycles. The molecule has 2 aromatic heterocycles. The Morgan fingerprint density at radius 3 is 2.28 bits per heavy atom. The monoisotopic (exact) mass is 316 g/mol. The highest BCUT2D eigenvalue weighted by molar-refractivity contribution is 9.08. The zero-order valence-corrected chi connectivity index (χ0v) is 10.7. The Morgan fingerprint density at radius 2 is 1.72 bits per heavy atom. The van der Waals surface area contributed by atoms with E-state index in [1.165, 1.54) is 6.07 Å². The van der Waals surface area contributed by atoms with Gasteiger partial charge in [-0.25, -0.2) is 4.98 Å². The lowest BCUT2D eigenvalue weighted by Gasteiger charge is -2.11. The van der Waals surface area contributed by atoms with E-state index in [9.17, 15) is 13.2 Å².